The molecule has 9 heteroatoms. The topological polar surface area (TPSA) is 98.3 Å². The van der Waals surface area contributed by atoms with Crippen molar-refractivity contribution in [2.45, 2.75) is 13.5 Å². The van der Waals surface area contributed by atoms with Crippen molar-refractivity contribution in [3.8, 4) is 11.5 Å². The molecule has 1 amide bonds. The van der Waals surface area contributed by atoms with Crippen molar-refractivity contribution in [1.82, 2.24) is 20.3 Å². The van der Waals surface area contributed by atoms with Crippen LogP contribution in [-0.4, -0.2) is 34.0 Å². The number of carbonyl (C=O) groups excluding carboxylic acids is 1. The summed E-state index contributed by atoms with van der Waals surface area (Å²) in [5.74, 6) is 1.38. The number of fused-ring (bicyclic) bond motifs is 1. The number of aromatic nitrogens is 3. The maximum absolute atomic E-state index is 11.8. The third kappa shape index (κ3) is 5.67. The van der Waals surface area contributed by atoms with Crippen LogP contribution in [0.15, 0.2) is 67.1 Å². The van der Waals surface area contributed by atoms with Crippen molar-refractivity contribution in [2.75, 3.05) is 18.5 Å². The fraction of sp³-hybridized carbons (Fsp3) is 0.167. The highest BCUT2D eigenvalue weighted by atomic mass is 35.5. The minimum Gasteiger partial charge on any atom is -0.486 e. The van der Waals surface area contributed by atoms with E-state index in [1.165, 1.54) is 6.33 Å². The van der Waals surface area contributed by atoms with Gasteiger partial charge in [-0.2, -0.15) is 0 Å². The lowest BCUT2D eigenvalue weighted by Gasteiger charge is -2.14. The first-order chi connectivity index (χ1) is 16.1. The number of hydrogen-bond donors (Lipinski definition) is 2. The molecule has 0 unspecified atom stereocenters. The lowest BCUT2D eigenvalue weighted by atomic mass is 10.2. The third-order valence-electron chi connectivity index (χ3n) is 4.65. The summed E-state index contributed by atoms with van der Waals surface area (Å²) in [6.07, 6.45) is 3.18. The van der Waals surface area contributed by atoms with E-state index in [0.717, 1.165) is 5.69 Å². The summed E-state index contributed by atoms with van der Waals surface area (Å²) in [5, 5.41) is 7.08. The second-order valence-electron chi connectivity index (χ2n) is 6.99. The van der Waals surface area contributed by atoms with Crippen molar-refractivity contribution in [2.24, 2.45) is 0 Å². The summed E-state index contributed by atoms with van der Waals surface area (Å²) in [6, 6.07) is 16.5. The number of amides is 1. The second kappa shape index (κ2) is 10.6. The summed E-state index contributed by atoms with van der Waals surface area (Å²) < 4.78 is 11.5. The van der Waals surface area contributed by atoms with E-state index in [9.17, 15) is 4.79 Å². The predicted octanol–water partition coefficient (Wildman–Crippen LogP) is 4.52. The zero-order valence-electron chi connectivity index (χ0n) is 17.9. The monoisotopic (exact) mass is 463 g/mol. The van der Waals surface area contributed by atoms with E-state index in [1.807, 2.05) is 43.3 Å². The Bertz CT molecular complexity index is 1250. The van der Waals surface area contributed by atoms with E-state index in [2.05, 4.69) is 25.6 Å². The molecule has 0 aliphatic heterocycles. The summed E-state index contributed by atoms with van der Waals surface area (Å²) in [5.41, 5.74) is 2.20. The molecule has 8 nitrogen and oxygen atoms in total. The SMILES string of the molecule is CCNC(=O)COc1cccc2ncnc(Nc3ccc(OCc4ccccn4)c(Cl)c3)c12. The number of hydrogen-bond acceptors (Lipinski definition) is 7. The molecule has 0 bridgehead atoms. The first-order valence-electron chi connectivity index (χ1n) is 10.4. The number of halogens is 1. The van der Waals surface area contributed by atoms with Crippen molar-refractivity contribution in [1.29, 1.82) is 0 Å². The highest BCUT2D eigenvalue weighted by molar-refractivity contribution is 6.32. The molecule has 4 rings (SSSR count). The average Bonchev–Trinajstić information content (AvgIpc) is 2.83. The van der Waals surface area contributed by atoms with Gasteiger partial charge in [-0.3, -0.25) is 9.78 Å². The quantitative estimate of drug-likeness (QED) is 0.376. The number of pyridine rings is 1. The van der Waals surface area contributed by atoms with Crippen LogP contribution in [0.2, 0.25) is 5.02 Å². The van der Waals surface area contributed by atoms with Gasteiger partial charge >= 0.3 is 0 Å². The van der Waals surface area contributed by atoms with Gasteiger partial charge in [0.15, 0.2) is 6.61 Å². The van der Waals surface area contributed by atoms with E-state index >= 15 is 0 Å². The first kappa shape index (κ1) is 22.3. The molecular formula is C24H22ClN5O3. The molecule has 4 aromatic rings. The Labute approximate surface area is 196 Å². The number of rotatable bonds is 9. The van der Waals surface area contributed by atoms with Crippen LogP contribution in [-0.2, 0) is 11.4 Å². The third-order valence-corrected chi connectivity index (χ3v) is 4.95. The molecule has 0 fully saturated rings. The maximum Gasteiger partial charge on any atom is 0.257 e. The largest absolute Gasteiger partial charge is 0.486 e. The molecule has 0 spiro atoms. The summed E-state index contributed by atoms with van der Waals surface area (Å²) >= 11 is 6.44. The van der Waals surface area contributed by atoms with Crippen molar-refractivity contribution in [3.63, 3.8) is 0 Å². The Balaban J connectivity index is 1.53. The van der Waals surface area contributed by atoms with Gasteiger partial charge in [0, 0.05) is 18.4 Å². The van der Waals surface area contributed by atoms with Gasteiger partial charge in [-0.25, -0.2) is 9.97 Å². The molecular weight excluding hydrogens is 442 g/mol. The molecule has 2 aromatic carbocycles. The van der Waals surface area contributed by atoms with Gasteiger partial charge in [0.2, 0.25) is 0 Å². The van der Waals surface area contributed by atoms with Crippen LogP contribution in [0.25, 0.3) is 10.9 Å². The van der Waals surface area contributed by atoms with Crippen molar-refractivity contribution < 1.29 is 14.3 Å². The normalized spacial score (nSPS) is 10.6. The average molecular weight is 464 g/mol. The van der Waals surface area contributed by atoms with Crippen LogP contribution in [0.1, 0.15) is 12.6 Å². The fourth-order valence-electron chi connectivity index (χ4n) is 3.15. The van der Waals surface area contributed by atoms with Gasteiger partial charge in [-0.1, -0.05) is 23.7 Å². The maximum atomic E-state index is 11.8. The molecule has 168 valence electrons. The van der Waals surface area contributed by atoms with E-state index in [-0.39, 0.29) is 12.5 Å². The van der Waals surface area contributed by atoms with Crippen LogP contribution in [0, 0.1) is 0 Å². The minimum absolute atomic E-state index is 0.102. The molecule has 0 aliphatic carbocycles. The molecule has 2 N–H and O–H groups in total. The Morgan fingerprint density at radius 1 is 1.00 bits per heavy atom. The predicted molar refractivity (Wildman–Crippen MR) is 127 cm³/mol. The molecule has 0 aliphatic rings. The Morgan fingerprint density at radius 3 is 2.70 bits per heavy atom. The highest BCUT2D eigenvalue weighted by Crippen LogP contribution is 2.34. The Kier molecular flexibility index (Phi) is 7.16. The first-order valence-corrected chi connectivity index (χ1v) is 10.7. The lowest BCUT2D eigenvalue weighted by Crippen LogP contribution is -2.28. The van der Waals surface area contributed by atoms with Crippen LogP contribution < -0.4 is 20.1 Å². The number of nitrogens with zero attached hydrogens (tertiary/aromatic N) is 3. The summed E-state index contributed by atoms with van der Waals surface area (Å²) in [4.78, 5) is 24.7. The molecule has 2 heterocycles. The number of nitrogens with one attached hydrogen (secondary N) is 2. The van der Waals surface area contributed by atoms with Crippen molar-refractivity contribution >= 4 is 39.9 Å². The number of anilines is 2. The van der Waals surface area contributed by atoms with Gasteiger partial charge < -0.3 is 20.1 Å². The van der Waals surface area contributed by atoms with Crippen LogP contribution in [0.4, 0.5) is 11.5 Å². The smallest absolute Gasteiger partial charge is 0.257 e. The van der Waals surface area contributed by atoms with E-state index in [0.29, 0.717) is 52.1 Å². The zero-order chi connectivity index (χ0) is 23.0. The number of ether oxygens (including phenoxy) is 2. The van der Waals surface area contributed by atoms with Crippen molar-refractivity contribution in [3.05, 3.63) is 77.8 Å². The van der Waals surface area contributed by atoms with Gasteiger partial charge in [0.05, 0.1) is 21.6 Å². The molecule has 0 saturated carbocycles. The standard InChI is InChI=1S/C24H22ClN5O3/c1-2-26-22(31)14-33-21-8-5-7-19-23(21)24(29-15-28-19)30-16-9-10-20(18(25)12-16)32-13-17-6-3-4-11-27-17/h3-12,15H,2,13-14H2,1H3,(H,26,31)(H,28,29,30). The number of likely N-dealkylation sites (N-methyl/N-ethyl adjacent to an activating group) is 1. The van der Waals surface area contributed by atoms with Gasteiger partial charge in [0.25, 0.3) is 5.91 Å². The number of benzene rings is 2. The van der Waals surface area contributed by atoms with E-state index in [1.54, 1.807) is 24.4 Å². The highest BCUT2D eigenvalue weighted by Gasteiger charge is 2.13. The fourth-order valence-corrected chi connectivity index (χ4v) is 3.39. The zero-order valence-corrected chi connectivity index (χ0v) is 18.7. The van der Waals surface area contributed by atoms with Crippen LogP contribution in [0.5, 0.6) is 11.5 Å². The Hall–Kier alpha value is -3.91. The lowest BCUT2D eigenvalue weighted by molar-refractivity contribution is -0.122. The van der Waals surface area contributed by atoms with Gasteiger partial charge in [-0.05, 0) is 49.4 Å². The van der Waals surface area contributed by atoms with Crippen LogP contribution in [0.3, 0.4) is 0 Å². The molecule has 0 radical (unpaired) electrons. The Morgan fingerprint density at radius 2 is 1.91 bits per heavy atom. The van der Waals surface area contributed by atoms with E-state index in [4.69, 9.17) is 21.1 Å². The second-order valence-corrected chi connectivity index (χ2v) is 7.40. The summed E-state index contributed by atoms with van der Waals surface area (Å²) in [6.45, 7) is 2.60. The minimum atomic E-state index is -0.200. The van der Waals surface area contributed by atoms with Gasteiger partial charge in [-0.15, -0.1) is 0 Å². The molecule has 2 aromatic heterocycles. The van der Waals surface area contributed by atoms with Gasteiger partial charge in [0.1, 0.15) is 30.3 Å². The molecule has 0 atom stereocenters. The molecule has 0 saturated heterocycles. The molecule has 33 heavy (non-hydrogen) atoms. The van der Waals surface area contributed by atoms with Crippen LogP contribution >= 0.6 is 11.6 Å². The summed E-state index contributed by atoms with van der Waals surface area (Å²) in [7, 11) is 0. The number of carbonyl (C=O) groups is 1. The van der Waals surface area contributed by atoms with E-state index < -0.39 is 0 Å².